The molecule has 2 aromatic carbocycles. The van der Waals surface area contributed by atoms with E-state index in [-0.39, 0.29) is 0 Å². The highest BCUT2D eigenvalue weighted by Gasteiger charge is 2.30. The quantitative estimate of drug-likeness (QED) is 0.587. The Bertz CT molecular complexity index is 853. The van der Waals surface area contributed by atoms with Crippen LogP contribution >= 0.6 is 23.2 Å². The molecule has 4 nitrogen and oxygen atoms in total. The van der Waals surface area contributed by atoms with E-state index in [4.69, 9.17) is 33.7 Å². The molecule has 0 radical (unpaired) electrons. The van der Waals surface area contributed by atoms with E-state index in [9.17, 15) is 0 Å². The molecule has 0 bridgehead atoms. The lowest BCUT2D eigenvalue weighted by Crippen LogP contribution is -2.23. The van der Waals surface area contributed by atoms with Gasteiger partial charge < -0.3 is 0 Å². The van der Waals surface area contributed by atoms with Crippen LogP contribution in [-0.4, -0.2) is 11.4 Å². The Morgan fingerprint density at radius 1 is 0.727 bits per heavy atom. The van der Waals surface area contributed by atoms with Crippen LogP contribution in [0.2, 0.25) is 10.0 Å². The van der Waals surface area contributed by atoms with Crippen molar-refractivity contribution in [2.75, 3.05) is 0 Å². The molecule has 1 aliphatic rings. The van der Waals surface area contributed by atoms with Gasteiger partial charge in [0.2, 0.25) is 12.4 Å². The molecule has 2 aromatic rings. The number of halogens is 2. The second-order valence-electron chi connectivity index (χ2n) is 4.45. The molecule has 0 unspecified atom stereocenters. The summed E-state index contributed by atoms with van der Waals surface area (Å²) in [5.74, 6) is 0. The SMILES string of the molecule is N#CN=C1c2cccc(Cl)c2C(=NC#N)c2cccc(Cl)c21. The molecule has 0 N–H and O–H groups in total. The predicted octanol–water partition coefficient (Wildman–Crippen LogP) is 3.94. The summed E-state index contributed by atoms with van der Waals surface area (Å²) in [4.78, 5) is 7.81. The molecular weight excluding hydrogens is 319 g/mol. The molecule has 6 heteroatoms. The van der Waals surface area contributed by atoms with Gasteiger partial charge in [0.1, 0.15) is 0 Å². The molecule has 22 heavy (non-hydrogen) atoms. The zero-order valence-corrected chi connectivity index (χ0v) is 12.5. The van der Waals surface area contributed by atoms with Crippen LogP contribution in [0.4, 0.5) is 0 Å². The van der Waals surface area contributed by atoms with Crippen molar-refractivity contribution in [2.24, 2.45) is 9.98 Å². The van der Waals surface area contributed by atoms with Crippen molar-refractivity contribution in [1.29, 1.82) is 10.5 Å². The van der Waals surface area contributed by atoms with Gasteiger partial charge in [0, 0.05) is 22.3 Å². The van der Waals surface area contributed by atoms with Gasteiger partial charge in [-0.2, -0.15) is 20.5 Å². The average Bonchev–Trinajstić information content (AvgIpc) is 2.51. The molecule has 0 aromatic heterocycles. The first-order valence-corrected chi connectivity index (χ1v) is 6.96. The van der Waals surface area contributed by atoms with E-state index in [0.717, 1.165) is 0 Å². The number of nitrogens with zero attached hydrogens (tertiary/aromatic N) is 4. The Morgan fingerprint density at radius 3 is 1.50 bits per heavy atom. The number of rotatable bonds is 0. The van der Waals surface area contributed by atoms with E-state index in [1.807, 2.05) is 0 Å². The fourth-order valence-electron chi connectivity index (χ4n) is 2.53. The van der Waals surface area contributed by atoms with Crippen LogP contribution in [0.15, 0.2) is 46.4 Å². The third-order valence-electron chi connectivity index (χ3n) is 3.33. The summed E-state index contributed by atoms with van der Waals surface area (Å²) in [5.41, 5.74) is 3.27. The Hall–Kier alpha value is -2.66. The molecule has 0 fully saturated rings. The second kappa shape index (κ2) is 5.61. The average molecular weight is 325 g/mol. The highest BCUT2D eigenvalue weighted by Crippen LogP contribution is 2.35. The maximum Gasteiger partial charge on any atom is 0.206 e. The van der Waals surface area contributed by atoms with Crippen molar-refractivity contribution >= 4 is 34.6 Å². The van der Waals surface area contributed by atoms with Gasteiger partial charge in [-0.05, 0) is 12.1 Å². The Kier molecular flexibility index (Phi) is 3.65. The third kappa shape index (κ3) is 2.07. The maximum atomic E-state index is 9.00. The lowest BCUT2D eigenvalue weighted by molar-refractivity contribution is 1.38. The minimum Gasteiger partial charge on any atom is -0.172 e. The summed E-state index contributed by atoms with van der Waals surface area (Å²) >= 11 is 12.6. The van der Waals surface area contributed by atoms with E-state index in [2.05, 4.69) is 9.98 Å². The lowest BCUT2D eigenvalue weighted by atomic mass is 9.83. The van der Waals surface area contributed by atoms with Crippen molar-refractivity contribution < 1.29 is 0 Å². The van der Waals surface area contributed by atoms with Gasteiger partial charge in [0.05, 0.1) is 21.5 Å². The van der Waals surface area contributed by atoms with Crippen LogP contribution in [0.1, 0.15) is 22.3 Å². The molecular formula is C16H6Cl2N4. The van der Waals surface area contributed by atoms with Gasteiger partial charge in [0.25, 0.3) is 0 Å². The topological polar surface area (TPSA) is 72.3 Å². The van der Waals surface area contributed by atoms with Crippen LogP contribution in [0, 0.1) is 22.9 Å². The van der Waals surface area contributed by atoms with Crippen molar-refractivity contribution in [3.63, 3.8) is 0 Å². The monoisotopic (exact) mass is 324 g/mol. The van der Waals surface area contributed by atoms with Crippen LogP contribution in [0.5, 0.6) is 0 Å². The summed E-state index contributed by atoms with van der Waals surface area (Å²) in [7, 11) is 0. The molecule has 0 saturated heterocycles. The van der Waals surface area contributed by atoms with E-state index in [1.165, 1.54) is 0 Å². The maximum absolute atomic E-state index is 9.00. The molecule has 0 atom stereocenters. The molecule has 0 heterocycles. The van der Waals surface area contributed by atoms with Crippen LogP contribution in [-0.2, 0) is 0 Å². The number of hydrogen-bond donors (Lipinski definition) is 0. The predicted molar refractivity (Wildman–Crippen MR) is 85.4 cm³/mol. The zero-order chi connectivity index (χ0) is 15.7. The molecule has 1 aliphatic carbocycles. The highest BCUT2D eigenvalue weighted by atomic mass is 35.5. The van der Waals surface area contributed by atoms with Crippen molar-refractivity contribution in [3.8, 4) is 12.4 Å². The number of nitriles is 2. The summed E-state index contributed by atoms with van der Waals surface area (Å²) in [6.45, 7) is 0. The van der Waals surface area contributed by atoms with E-state index in [1.54, 1.807) is 48.8 Å². The zero-order valence-electron chi connectivity index (χ0n) is 11.0. The van der Waals surface area contributed by atoms with Gasteiger partial charge in [-0.3, -0.25) is 0 Å². The van der Waals surface area contributed by atoms with Crippen LogP contribution in [0.3, 0.4) is 0 Å². The second-order valence-corrected chi connectivity index (χ2v) is 5.26. The van der Waals surface area contributed by atoms with E-state index < -0.39 is 0 Å². The fraction of sp³-hybridized carbons (Fsp3) is 0. The van der Waals surface area contributed by atoms with Gasteiger partial charge in [-0.1, -0.05) is 47.5 Å². The minimum absolute atomic E-state index is 0.428. The molecule has 104 valence electrons. The van der Waals surface area contributed by atoms with E-state index in [0.29, 0.717) is 43.7 Å². The Balaban J connectivity index is 2.50. The molecule has 0 aliphatic heterocycles. The number of fused-ring (bicyclic) bond motifs is 2. The fourth-order valence-corrected chi connectivity index (χ4v) is 3.05. The largest absolute Gasteiger partial charge is 0.206 e. The molecule has 0 spiro atoms. The first-order valence-electron chi connectivity index (χ1n) is 6.21. The lowest BCUT2D eigenvalue weighted by Gasteiger charge is -2.23. The van der Waals surface area contributed by atoms with Crippen molar-refractivity contribution in [3.05, 3.63) is 68.7 Å². The smallest absolute Gasteiger partial charge is 0.172 e. The highest BCUT2D eigenvalue weighted by molar-refractivity contribution is 6.43. The van der Waals surface area contributed by atoms with Crippen LogP contribution in [0.25, 0.3) is 0 Å². The number of aliphatic imine (C=N–C) groups is 2. The minimum atomic E-state index is 0.428. The Morgan fingerprint density at radius 2 is 1.14 bits per heavy atom. The van der Waals surface area contributed by atoms with Gasteiger partial charge >= 0.3 is 0 Å². The first-order chi connectivity index (χ1) is 10.7. The Labute approximate surface area is 136 Å². The normalized spacial score (nSPS) is 15.8. The summed E-state index contributed by atoms with van der Waals surface area (Å²) in [6.07, 6.45) is 3.59. The van der Waals surface area contributed by atoms with Crippen molar-refractivity contribution in [2.45, 2.75) is 0 Å². The molecule has 3 rings (SSSR count). The summed E-state index contributed by atoms with van der Waals surface area (Å²) in [6, 6.07) is 10.5. The third-order valence-corrected chi connectivity index (χ3v) is 3.96. The number of hydrogen-bond acceptors (Lipinski definition) is 4. The van der Waals surface area contributed by atoms with Crippen molar-refractivity contribution in [1.82, 2.24) is 0 Å². The first kappa shape index (κ1) is 14.3. The summed E-state index contributed by atoms with van der Waals surface area (Å²) < 4.78 is 0. The van der Waals surface area contributed by atoms with E-state index >= 15 is 0 Å². The van der Waals surface area contributed by atoms with Gasteiger partial charge in [-0.25, -0.2) is 0 Å². The van der Waals surface area contributed by atoms with Gasteiger partial charge in [-0.15, -0.1) is 0 Å². The molecule has 0 amide bonds. The summed E-state index contributed by atoms with van der Waals surface area (Å²) in [5, 5.41) is 18.9. The standard InChI is InChI=1S/C16H6Cl2N4/c17-11-5-1-3-9-13(11)16(22-8-20)10-4-2-6-12(18)14(10)15(9)21-7-19/h1-6H. The molecule has 0 saturated carbocycles. The van der Waals surface area contributed by atoms with Gasteiger partial charge in [0.15, 0.2) is 0 Å². The number of benzene rings is 2. The van der Waals surface area contributed by atoms with Crippen LogP contribution < -0.4 is 0 Å².